The number of fused-ring (bicyclic) bond motifs is 1. The maximum Gasteiger partial charge on any atom is 0.573 e. The summed E-state index contributed by atoms with van der Waals surface area (Å²) < 4.78 is 101. The number of hydrogen-bond acceptors (Lipinski definition) is 1. The summed E-state index contributed by atoms with van der Waals surface area (Å²) in [6.07, 6.45) is 3.62. The molecule has 0 heterocycles. The zero-order chi connectivity index (χ0) is 30.7. The molecule has 1 saturated carbocycles. The molecule has 3 aromatic rings. The summed E-state index contributed by atoms with van der Waals surface area (Å²) in [7, 11) is 0. The maximum absolute atomic E-state index is 15.8. The van der Waals surface area contributed by atoms with Gasteiger partial charge in [0.25, 0.3) is 0 Å². The van der Waals surface area contributed by atoms with E-state index in [1.165, 1.54) is 30.0 Å². The van der Waals surface area contributed by atoms with Gasteiger partial charge in [-0.15, -0.1) is 13.2 Å². The van der Waals surface area contributed by atoms with Crippen molar-refractivity contribution in [3.8, 4) is 5.75 Å². The molecule has 1 unspecified atom stereocenters. The number of aryl methyl sites for hydroxylation is 2. The highest BCUT2D eigenvalue weighted by molar-refractivity contribution is 5.40. The van der Waals surface area contributed by atoms with Crippen LogP contribution in [-0.4, -0.2) is 6.36 Å². The van der Waals surface area contributed by atoms with E-state index in [1.807, 2.05) is 0 Å². The first-order valence-electron chi connectivity index (χ1n) is 15.3. The summed E-state index contributed by atoms with van der Waals surface area (Å²) in [5.41, 5.74) is 3.97. The van der Waals surface area contributed by atoms with E-state index in [1.54, 1.807) is 0 Å². The van der Waals surface area contributed by atoms with Crippen LogP contribution in [0.15, 0.2) is 42.5 Å². The third-order valence-electron chi connectivity index (χ3n) is 9.32. The Kier molecular flexibility index (Phi) is 9.72. The predicted molar refractivity (Wildman–Crippen MR) is 152 cm³/mol. The van der Waals surface area contributed by atoms with Crippen molar-refractivity contribution in [2.45, 2.75) is 102 Å². The molecule has 1 atom stereocenters. The molecular weight excluding hydrogens is 569 g/mol. The zero-order valence-electron chi connectivity index (χ0n) is 24.3. The van der Waals surface area contributed by atoms with Crippen LogP contribution in [0.3, 0.4) is 0 Å². The Balaban J connectivity index is 1.20. The molecule has 0 aromatic heterocycles. The van der Waals surface area contributed by atoms with E-state index < -0.39 is 47.2 Å². The van der Waals surface area contributed by atoms with Crippen molar-refractivity contribution in [1.82, 2.24) is 0 Å². The largest absolute Gasteiger partial charge is 0.573 e. The summed E-state index contributed by atoms with van der Waals surface area (Å²) in [4.78, 5) is 0. The highest BCUT2D eigenvalue weighted by atomic mass is 19.4. The number of halogens is 7. The summed E-state index contributed by atoms with van der Waals surface area (Å²) in [5, 5.41) is 0. The van der Waals surface area contributed by atoms with Crippen LogP contribution in [-0.2, 0) is 25.7 Å². The molecule has 43 heavy (non-hydrogen) atoms. The molecule has 1 fully saturated rings. The lowest BCUT2D eigenvalue weighted by Gasteiger charge is -2.32. The first kappa shape index (κ1) is 31.4. The standard InChI is InChI=1S/C35H37F7O/c1-2-3-4-21-5-7-22(8-6-21)9-10-23-11-16-28-26(19-23)20-29(36)31(32(28)37)25-14-12-24(13-15-25)27-17-18-30(34(39)33(27)38)43-35(40,41)42/h5-8,17-18,20,23-25H,2-4,9-16,19H2,1H3. The fourth-order valence-corrected chi connectivity index (χ4v) is 6.94. The van der Waals surface area contributed by atoms with Crippen molar-refractivity contribution in [2.24, 2.45) is 5.92 Å². The minimum Gasteiger partial charge on any atom is -0.403 e. The van der Waals surface area contributed by atoms with Gasteiger partial charge in [-0.3, -0.25) is 0 Å². The molecule has 5 rings (SSSR count). The van der Waals surface area contributed by atoms with Crippen molar-refractivity contribution in [3.05, 3.63) is 99.1 Å². The Morgan fingerprint density at radius 1 is 0.767 bits per heavy atom. The van der Waals surface area contributed by atoms with Crippen molar-refractivity contribution in [3.63, 3.8) is 0 Å². The number of alkyl halides is 3. The van der Waals surface area contributed by atoms with E-state index >= 15 is 8.78 Å². The molecular formula is C35H37F7O. The molecule has 0 bridgehead atoms. The lowest BCUT2D eigenvalue weighted by atomic mass is 9.74. The SMILES string of the molecule is CCCCc1ccc(CCC2CCc3c(cc(F)c(C4CCC(c5ccc(OC(F)(F)F)c(F)c5F)CC4)c3F)C2)cc1. The molecule has 2 aliphatic carbocycles. The van der Waals surface area contributed by atoms with Gasteiger partial charge in [0.2, 0.25) is 5.82 Å². The Labute approximate surface area is 248 Å². The number of ether oxygens (including phenoxy) is 1. The van der Waals surface area contributed by atoms with Crippen LogP contribution in [0.5, 0.6) is 5.75 Å². The number of hydrogen-bond donors (Lipinski definition) is 0. The second-order valence-electron chi connectivity index (χ2n) is 12.2. The van der Waals surface area contributed by atoms with Crippen molar-refractivity contribution >= 4 is 0 Å². The van der Waals surface area contributed by atoms with Gasteiger partial charge in [-0.05, 0) is 128 Å². The second kappa shape index (κ2) is 13.3. The molecule has 232 valence electrons. The molecule has 0 saturated heterocycles. The third-order valence-corrected chi connectivity index (χ3v) is 9.32. The minimum absolute atomic E-state index is 0.0460. The Morgan fingerprint density at radius 3 is 2.07 bits per heavy atom. The van der Waals surface area contributed by atoms with E-state index in [4.69, 9.17) is 0 Å². The highest BCUT2D eigenvalue weighted by Gasteiger charge is 2.35. The second-order valence-corrected chi connectivity index (χ2v) is 12.2. The average molecular weight is 607 g/mol. The Hall–Kier alpha value is -3.03. The summed E-state index contributed by atoms with van der Waals surface area (Å²) in [5.74, 6) is -5.85. The highest BCUT2D eigenvalue weighted by Crippen LogP contribution is 2.45. The first-order valence-corrected chi connectivity index (χ1v) is 15.3. The van der Waals surface area contributed by atoms with Crippen LogP contribution in [0.2, 0.25) is 0 Å². The van der Waals surface area contributed by atoms with Crippen LogP contribution in [0.4, 0.5) is 30.7 Å². The molecule has 2 aliphatic rings. The van der Waals surface area contributed by atoms with Crippen LogP contribution >= 0.6 is 0 Å². The third kappa shape index (κ3) is 7.38. The molecule has 0 spiro atoms. The van der Waals surface area contributed by atoms with E-state index in [-0.39, 0.29) is 11.1 Å². The van der Waals surface area contributed by atoms with E-state index in [0.717, 1.165) is 43.4 Å². The van der Waals surface area contributed by atoms with Gasteiger partial charge in [-0.2, -0.15) is 4.39 Å². The average Bonchev–Trinajstić information content (AvgIpc) is 2.98. The Bertz CT molecular complexity index is 1410. The van der Waals surface area contributed by atoms with Gasteiger partial charge in [0.15, 0.2) is 11.6 Å². The summed E-state index contributed by atoms with van der Waals surface area (Å²) >= 11 is 0. The Morgan fingerprint density at radius 2 is 1.42 bits per heavy atom. The lowest BCUT2D eigenvalue weighted by molar-refractivity contribution is -0.275. The van der Waals surface area contributed by atoms with Gasteiger partial charge < -0.3 is 4.74 Å². The molecule has 1 nitrogen and oxygen atoms in total. The molecule has 0 aliphatic heterocycles. The smallest absolute Gasteiger partial charge is 0.403 e. The van der Waals surface area contributed by atoms with E-state index in [0.29, 0.717) is 50.0 Å². The molecule has 3 aromatic carbocycles. The summed E-state index contributed by atoms with van der Waals surface area (Å²) in [6.45, 7) is 2.18. The normalized spacial score (nSPS) is 20.6. The van der Waals surface area contributed by atoms with Gasteiger partial charge in [0.1, 0.15) is 11.6 Å². The lowest BCUT2D eigenvalue weighted by Crippen LogP contribution is -2.21. The molecule has 0 amide bonds. The summed E-state index contributed by atoms with van der Waals surface area (Å²) in [6, 6.07) is 12.1. The number of benzene rings is 3. The maximum atomic E-state index is 15.8. The predicted octanol–water partition coefficient (Wildman–Crippen LogP) is 10.7. The topological polar surface area (TPSA) is 9.23 Å². The van der Waals surface area contributed by atoms with Crippen molar-refractivity contribution < 1.29 is 35.5 Å². The van der Waals surface area contributed by atoms with E-state index in [9.17, 15) is 22.0 Å². The van der Waals surface area contributed by atoms with Crippen LogP contribution in [0, 0.1) is 29.2 Å². The number of rotatable bonds is 9. The van der Waals surface area contributed by atoms with Gasteiger partial charge >= 0.3 is 6.36 Å². The van der Waals surface area contributed by atoms with Crippen LogP contribution in [0.1, 0.15) is 104 Å². The van der Waals surface area contributed by atoms with Crippen molar-refractivity contribution in [1.29, 1.82) is 0 Å². The van der Waals surface area contributed by atoms with Gasteiger partial charge in [0, 0.05) is 5.56 Å². The zero-order valence-corrected chi connectivity index (χ0v) is 24.3. The van der Waals surface area contributed by atoms with Crippen LogP contribution in [0.25, 0.3) is 0 Å². The first-order chi connectivity index (χ1) is 20.5. The van der Waals surface area contributed by atoms with Crippen molar-refractivity contribution in [2.75, 3.05) is 0 Å². The van der Waals surface area contributed by atoms with E-state index in [2.05, 4.69) is 35.9 Å². The number of unbranched alkanes of at least 4 members (excludes halogenated alkanes) is 1. The molecule has 0 radical (unpaired) electrons. The van der Waals surface area contributed by atoms with Gasteiger partial charge in [-0.1, -0.05) is 43.7 Å². The molecule has 0 N–H and O–H groups in total. The van der Waals surface area contributed by atoms with Gasteiger partial charge in [0.05, 0.1) is 0 Å². The fraction of sp³-hybridized carbons (Fsp3) is 0.486. The molecule has 8 heteroatoms. The quantitative estimate of drug-likeness (QED) is 0.220. The fourth-order valence-electron chi connectivity index (χ4n) is 6.94. The van der Waals surface area contributed by atoms with Crippen LogP contribution < -0.4 is 4.74 Å². The minimum atomic E-state index is -5.14. The monoisotopic (exact) mass is 606 g/mol. The van der Waals surface area contributed by atoms with Gasteiger partial charge in [-0.25, -0.2) is 13.2 Å².